The van der Waals surface area contributed by atoms with Crippen LogP contribution in [0.3, 0.4) is 0 Å². The van der Waals surface area contributed by atoms with Crippen molar-refractivity contribution in [3.8, 4) is 6.07 Å². The van der Waals surface area contributed by atoms with Crippen molar-refractivity contribution in [2.24, 2.45) is 0 Å². The fraction of sp³-hybridized carbons (Fsp3) is 0.591. The standard InChI is InChI=1S/C22H30N4O2/c1-17-9-8-10-18(20(17)21(28)26-13-6-7-14-26)24-15-19(27)25-22(16-23)11-4-2-3-5-12-22/h8-10,24H,2-7,11-15H2,1H3,(H,25,27). The van der Waals surface area contributed by atoms with Crippen LogP contribution in [0.25, 0.3) is 0 Å². The van der Waals surface area contributed by atoms with E-state index in [1.165, 1.54) is 0 Å². The number of nitriles is 1. The van der Waals surface area contributed by atoms with Crippen LogP contribution in [-0.2, 0) is 4.79 Å². The molecule has 1 heterocycles. The molecule has 0 bridgehead atoms. The lowest BCUT2D eigenvalue weighted by Gasteiger charge is -2.26. The van der Waals surface area contributed by atoms with Gasteiger partial charge >= 0.3 is 0 Å². The molecule has 0 spiro atoms. The van der Waals surface area contributed by atoms with Crippen LogP contribution in [0, 0.1) is 18.3 Å². The summed E-state index contributed by atoms with van der Waals surface area (Å²) >= 11 is 0. The van der Waals surface area contributed by atoms with Crippen LogP contribution in [0.5, 0.6) is 0 Å². The first kappa shape index (κ1) is 20.2. The number of carbonyl (C=O) groups is 2. The predicted octanol–water partition coefficient (Wildman–Crippen LogP) is 3.38. The Balaban J connectivity index is 1.67. The van der Waals surface area contributed by atoms with Crippen molar-refractivity contribution in [1.29, 1.82) is 5.26 Å². The van der Waals surface area contributed by atoms with Crippen LogP contribution in [0.4, 0.5) is 5.69 Å². The summed E-state index contributed by atoms with van der Waals surface area (Å²) in [5, 5.41) is 15.7. The van der Waals surface area contributed by atoms with E-state index in [9.17, 15) is 14.9 Å². The van der Waals surface area contributed by atoms with Gasteiger partial charge in [0.05, 0.1) is 18.2 Å². The number of nitrogens with zero attached hydrogens (tertiary/aromatic N) is 2. The van der Waals surface area contributed by atoms with E-state index >= 15 is 0 Å². The molecule has 2 fully saturated rings. The van der Waals surface area contributed by atoms with E-state index in [1.807, 2.05) is 30.0 Å². The molecular formula is C22H30N4O2. The van der Waals surface area contributed by atoms with Gasteiger partial charge in [-0.2, -0.15) is 5.26 Å². The molecule has 1 aliphatic heterocycles. The van der Waals surface area contributed by atoms with Crippen LogP contribution in [-0.4, -0.2) is 41.9 Å². The Labute approximate surface area is 167 Å². The number of nitrogens with one attached hydrogen (secondary N) is 2. The van der Waals surface area contributed by atoms with E-state index in [0.29, 0.717) is 24.1 Å². The third-order valence-corrected chi connectivity index (χ3v) is 5.87. The van der Waals surface area contributed by atoms with Gasteiger partial charge in [0.25, 0.3) is 5.91 Å². The summed E-state index contributed by atoms with van der Waals surface area (Å²) in [6.07, 6.45) is 7.65. The Morgan fingerprint density at radius 3 is 2.43 bits per heavy atom. The number of hydrogen-bond donors (Lipinski definition) is 2. The van der Waals surface area contributed by atoms with E-state index in [1.54, 1.807) is 0 Å². The minimum absolute atomic E-state index is 0.0239. The first-order valence-corrected chi connectivity index (χ1v) is 10.4. The molecule has 6 nitrogen and oxygen atoms in total. The fourth-order valence-corrected chi connectivity index (χ4v) is 4.26. The second-order valence-electron chi connectivity index (χ2n) is 8.01. The first-order chi connectivity index (χ1) is 13.5. The average molecular weight is 383 g/mol. The van der Waals surface area contributed by atoms with E-state index in [0.717, 1.165) is 57.2 Å². The topological polar surface area (TPSA) is 85.2 Å². The van der Waals surface area contributed by atoms with Crippen molar-refractivity contribution in [2.75, 3.05) is 25.0 Å². The zero-order valence-electron chi connectivity index (χ0n) is 16.7. The second-order valence-corrected chi connectivity index (χ2v) is 8.01. The molecule has 1 saturated carbocycles. The Morgan fingerprint density at radius 1 is 1.11 bits per heavy atom. The maximum absolute atomic E-state index is 12.9. The Morgan fingerprint density at radius 2 is 1.79 bits per heavy atom. The maximum Gasteiger partial charge on any atom is 0.256 e. The SMILES string of the molecule is Cc1cccc(NCC(=O)NC2(C#N)CCCCCC2)c1C(=O)N1CCCC1. The van der Waals surface area contributed by atoms with Crippen LogP contribution in [0.2, 0.25) is 0 Å². The van der Waals surface area contributed by atoms with E-state index in [4.69, 9.17) is 0 Å². The maximum atomic E-state index is 12.9. The number of carbonyl (C=O) groups excluding carboxylic acids is 2. The van der Waals surface area contributed by atoms with Crippen molar-refractivity contribution in [1.82, 2.24) is 10.2 Å². The normalized spacial score (nSPS) is 18.8. The van der Waals surface area contributed by atoms with Crippen LogP contribution >= 0.6 is 0 Å². The van der Waals surface area contributed by atoms with Crippen LogP contribution < -0.4 is 10.6 Å². The number of hydrogen-bond acceptors (Lipinski definition) is 4. The lowest BCUT2D eigenvalue weighted by molar-refractivity contribution is -0.120. The summed E-state index contributed by atoms with van der Waals surface area (Å²) in [5.41, 5.74) is 1.47. The highest BCUT2D eigenvalue weighted by atomic mass is 16.2. The summed E-state index contributed by atoms with van der Waals surface area (Å²) in [6, 6.07) is 7.99. The molecule has 1 aromatic rings. The predicted molar refractivity (Wildman–Crippen MR) is 109 cm³/mol. The number of aryl methyl sites for hydroxylation is 1. The third kappa shape index (κ3) is 4.64. The Kier molecular flexibility index (Phi) is 6.56. The van der Waals surface area contributed by atoms with E-state index < -0.39 is 5.54 Å². The fourth-order valence-electron chi connectivity index (χ4n) is 4.26. The number of anilines is 1. The largest absolute Gasteiger partial charge is 0.376 e. The molecule has 2 N–H and O–H groups in total. The minimum Gasteiger partial charge on any atom is -0.376 e. The van der Waals surface area contributed by atoms with Crippen molar-refractivity contribution < 1.29 is 9.59 Å². The lowest BCUT2D eigenvalue weighted by atomic mass is 9.92. The van der Waals surface area contributed by atoms with Gasteiger partial charge in [-0.15, -0.1) is 0 Å². The monoisotopic (exact) mass is 382 g/mol. The highest BCUT2D eigenvalue weighted by Crippen LogP contribution is 2.27. The number of benzene rings is 1. The van der Waals surface area contributed by atoms with Gasteiger partial charge in [-0.1, -0.05) is 37.8 Å². The van der Waals surface area contributed by atoms with Crippen LogP contribution in [0.15, 0.2) is 18.2 Å². The van der Waals surface area contributed by atoms with Gasteiger partial charge in [0.2, 0.25) is 5.91 Å². The van der Waals surface area contributed by atoms with Gasteiger partial charge < -0.3 is 15.5 Å². The van der Waals surface area contributed by atoms with Crippen molar-refractivity contribution >= 4 is 17.5 Å². The van der Waals surface area contributed by atoms with Gasteiger partial charge in [0.15, 0.2) is 0 Å². The highest BCUT2D eigenvalue weighted by molar-refractivity contribution is 6.01. The Bertz CT molecular complexity index is 754. The number of amides is 2. The zero-order chi connectivity index (χ0) is 20.0. The van der Waals surface area contributed by atoms with Gasteiger partial charge in [-0.25, -0.2) is 0 Å². The molecule has 28 heavy (non-hydrogen) atoms. The van der Waals surface area contributed by atoms with Crippen molar-refractivity contribution in [2.45, 2.75) is 63.8 Å². The van der Waals surface area contributed by atoms with Crippen molar-refractivity contribution in [3.05, 3.63) is 29.3 Å². The molecule has 1 aromatic carbocycles. The number of rotatable bonds is 5. The van der Waals surface area contributed by atoms with Gasteiger partial charge in [-0.3, -0.25) is 9.59 Å². The third-order valence-electron chi connectivity index (χ3n) is 5.87. The molecule has 0 radical (unpaired) electrons. The molecule has 3 rings (SSSR count). The molecule has 1 saturated heterocycles. The van der Waals surface area contributed by atoms with Gasteiger partial charge in [0, 0.05) is 18.8 Å². The van der Waals surface area contributed by atoms with Crippen molar-refractivity contribution in [3.63, 3.8) is 0 Å². The second kappa shape index (κ2) is 9.09. The summed E-state index contributed by atoms with van der Waals surface area (Å²) in [7, 11) is 0. The molecule has 2 amide bonds. The molecule has 0 unspecified atom stereocenters. The minimum atomic E-state index is -0.754. The van der Waals surface area contributed by atoms with E-state index in [-0.39, 0.29) is 18.4 Å². The average Bonchev–Trinajstić information content (AvgIpc) is 3.13. The molecule has 2 aliphatic rings. The smallest absolute Gasteiger partial charge is 0.256 e. The number of likely N-dealkylation sites (tertiary alicyclic amines) is 1. The van der Waals surface area contributed by atoms with Gasteiger partial charge in [0.1, 0.15) is 5.54 Å². The first-order valence-electron chi connectivity index (χ1n) is 10.4. The summed E-state index contributed by atoms with van der Waals surface area (Å²) in [5.74, 6) is -0.180. The molecule has 6 heteroatoms. The molecule has 1 aliphatic carbocycles. The van der Waals surface area contributed by atoms with E-state index in [2.05, 4.69) is 16.7 Å². The Hall–Kier alpha value is -2.55. The summed E-state index contributed by atoms with van der Waals surface area (Å²) < 4.78 is 0. The van der Waals surface area contributed by atoms with Gasteiger partial charge in [-0.05, 0) is 44.2 Å². The molecule has 0 atom stereocenters. The van der Waals surface area contributed by atoms with Crippen LogP contribution in [0.1, 0.15) is 67.3 Å². The molecule has 0 aromatic heterocycles. The lowest BCUT2D eigenvalue weighted by Crippen LogP contribution is -2.49. The zero-order valence-corrected chi connectivity index (χ0v) is 16.7. The quantitative estimate of drug-likeness (QED) is 0.765. The molecule has 150 valence electrons. The highest BCUT2D eigenvalue weighted by Gasteiger charge is 2.32. The molecular weight excluding hydrogens is 352 g/mol. The summed E-state index contributed by atoms with van der Waals surface area (Å²) in [4.78, 5) is 27.4. The summed E-state index contributed by atoms with van der Waals surface area (Å²) in [6.45, 7) is 3.55.